The number of halogens is 2. The van der Waals surface area contributed by atoms with Crippen LogP contribution in [0.3, 0.4) is 0 Å². The molecule has 2 aromatic rings. The summed E-state index contributed by atoms with van der Waals surface area (Å²) in [5.41, 5.74) is 6.37. The molecule has 0 aliphatic heterocycles. The summed E-state index contributed by atoms with van der Waals surface area (Å²) in [5, 5.41) is 8.77. The zero-order valence-corrected chi connectivity index (χ0v) is 9.60. The number of aryl methyl sites for hydroxylation is 1. The largest absolute Gasteiger partial charge is 0.393 e. The summed E-state index contributed by atoms with van der Waals surface area (Å²) in [4.78, 5) is 11.8. The lowest BCUT2D eigenvalue weighted by Crippen LogP contribution is -2.10. The first-order valence-corrected chi connectivity index (χ1v) is 5.38. The third kappa shape index (κ3) is 2.45. The topological polar surface area (TPSA) is 89.8 Å². The average molecular weight is 260 g/mol. The molecular weight excluding hydrogens is 249 g/mol. The molecule has 17 heavy (non-hydrogen) atoms. The highest BCUT2D eigenvalue weighted by Gasteiger charge is 2.12. The Hall–Kier alpha value is -1.47. The van der Waals surface area contributed by atoms with E-state index in [1.54, 1.807) is 4.57 Å². The molecular formula is C9H11ClFN5O. The zero-order chi connectivity index (χ0) is 12.4. The molecule has 0 spiro atoms. The van der Waals surface area contributed by atoms with Crippen molar-refractivity contribution in [2.75, 3.05) is 12.3 Å². The van der Waals surface area contributed by atoms with Gasteiger partial charge in [0.25, 0.3) is 0 Å². The molecule has 2 rings (SSSR count). The fraction of sp³-hybridized carbons (Fsp3) is 0.444. The van der Waals surface area contributed by atoms with Gasteiger partial charge in [-0.1, -0.05) is 11.6 Å². The van der Waals surface area contributed by atoms with E-state index in [0.29, 0.717) is 17.7 Å². The van der Waals surface area contributed by atoms with Crippen LogP contribution in [0, 0.1) is 0 Å². The van der Waals surface area contributed by atoms with Crippen LogP contribution in [-0.4, -0.2) is 37.4 Å². The fourth-order valence-electron chi connectivity index (χ4n) is 1.46. The molecule has 1 atom stereocenters. The van der Waals surface area contributed by atoms with E-state index >= 15 is 0 Å². The summed E-state index contributed by atoms with van der Waals surface area (Å²) in [5.74, 6) is 0.0446. The van der Waals surface area contributed by atoms with E-state index in [1.807, 2.05) is 0 Å². The van der Waals surface area contributed by atoms with Crippen LogP contribution in [0.25, 0.3) is 11.2 Å². The second-order valence-corrected chi connectivity index (χ2v) is 3.91. The summed E-state index contributed by atoms with van der Waals surface area (Å²) in [6, 6.07) is 0. The first-order valence-electron chi connectivity index (χ1n) is 5.00. The molecule has 6 nitrogen and oxygen atoms in total. The Labute approximate surface area is 101 Å². The van der Waals surface area contributed by atoms with E-state index in [0.717, 1.165) is 0 Å². The van der Waals surface area contributed by atoms with Gasteiger partial charge in [-0.2, -0.15) is 9.97 Å². The maximum absolute atomic E-state index is 12.9. The smallest absolute Gasteiger partial charge is 0.223 e. The molecule has 3 N–H and O–H groups in total. The number of aliphatic hydroxyl groups excluding tert-OH is 1. The predicted molar refractivity (Wildman–Crippen MR) is 61.3 cm³/mol. The lowest BCUT2D eigenvalue weighted by molar-refractivity contribution is 0.166. The van der Waals surface area contributed by atoms with Crippen LogP contribution in [0.2, 0.25) is 5.15 Å². The van der Waals surface area contributed by atoms with Crippen LogP contribution in [0.4, 0.5) is 10.3 Å². The van der Waals surface area contributed by atoms with Gasteiger partial charge in [-0.25, -0.2) is 9.37 Å². The minimum Gasteiger partial charge on any atom is -0.393 e. The Morgan fingerprint density at radius 2 is 2.29 bits per heavy atom. The van der Waals surface area contributed by atoms with Crippen molar-refractivity contribution in [2.45, 2.75) is 19.1 Å². The van der Waals surface area contributed by atoms with E-state index in [-0.39, 0.29) is 17.5 Å². The van der Waals surface area contributed by atoms with Crippen LogP contribution in [0.15, 0.2) is 6.33 Å². The van der Waals surface area contributed by atoms with Gasteiger partial charge in [-0.3, -0.25) is 0 Å². The summed E-state index contributed by atoms with van der Waals surface area (Å²) in [7, 11) is 0. The summed E-state index contributed by atoms with van der Waals surface area (Å²) >= 11 is 5.84. The average Bonchev–Trinajstić information content (AvgIpc) is 2.69. The summed E-state index contributed by atoms with van der Waals surface area (Å²) < 4.78 is 14.5. The highest BCUT2D eigenvalue weighted by Crippen LogP contribution is 2.19. The van der Waals surface area contributed by atoms with E-state index in [2.05, 4.69) is 15.0 Å². The van der Waals surface area contributed by atoms with E-state index in [4.69, 9.17) is 22.4 Å². The Kier molecular flexibility index (Phi) is 3.39. The minimum atomic E-state index is -1.26. The molecule has 0 aliphatic carbocycles. The van der Waals surface area contributed by atoms with Gasteiger partial charge in [0.05, 0.1) is 12.9 Å². The maximum atomic E-state index is 12.9. The third-order valence-corrected chi connectivity index (χ3v) is 2.58. The van der Waals surface area contributed by atoms with Crippen LogP contribution >= 0.6 is 11.6 Å². The molecule has 2 aromatic heterocycles. The Morgan fingerprint density at radius 3 is 3.00 bits per heavy atom. The van der Waals surface area contributed by atoms with Crippen molar-refractivity contribution in [3.8, 4) is 0 Å². The number of nitrogens with zero attached hydrogens (tertiary/aromatic N) is 4. The second-order valence-electron chi connectivity index (χ2n) is 3.55. The number of nitrogen functional groups attached to an aromatic ring is 1. The number of aliphatic hydroxyl groups is 1. The number of nitrogens with two attached hydrogens (primary N) is 1. The highest BCUT2D eigenvalue weighted by atomic mass is 35.5. The van der Waals surface area contributed by atoms with Gasteiger partial charge in [0.2, 0.25) is 5.95 Å². The summed E-state index contributed by atoms with van der Waals surface area (Å²) in [6.45, 7) is -0.157. The van der Waals surface area contributed by atoms with Gasteiger partial charge in [0.1, 0.15) is 11.7 Å². The number of imidazole rings is 1. The van der Waals surface area contributed by atoms with Crippen molar-refractivity contribution >= 4 is 28.7 Å². The van der Waals surface area contributed by atoms with Gasteiger partial charge in [0, 0.05) is 6.54 Å². The molecule has 0 aliphatic rings. The quantitative estimate of drug-likeness (QED) is 0.792. The van der Waals surface area contributed by atoms with Gasteiger partial charge in [-0.05, 0) is 6.42 Å². The lowest BCUT2D eigenvalue weighted by Gasteiger charge is -2.06. The van der Waals surface area contributed by atoms with Crippen molar-refractivity contribution in [2.24, 2.45) is 0 Å². The van der Waals surface area contributed by atoms with Crippen molar-refractivity contribution in [1.82, 2.24) is 19.5 Å². The number of hydrogen-bond acceptors (Lipinski definition) is 5. The monoisotopic (exact) mass is 259 g/mol. The van der Waals surface area contributed by atoms with E-state index in [9.17, 15) is 4.39 Å². The Bertz CT molecular complexity index is 531. The highest BCUT2D eigenvalue weighted by molar-refractivity contribution is 6.33. The Morgan fingerprint density at radius 1 is 1.53 bits per heavy atom. The molecule has 0 aromatic carbocycles. The first-order chi connectivity index (χ1) is 8.11. The van der Waals surface area contributed by atoms with Gasteiger partial charge < -0.3 is 15.4 Å². The number of anilines is 1. The van der Waals surface area contributed by atoms with Gasteiger partial charge >= 0.3 is 0 Å². The Balaban J connectivity index is 2.29. The minimum absolute atomic E-state index is 0.0446. The van der Waals surface area contributed by atoms with Crippen molar-refractivity contribution in [3.63, 3.8) is 0 Å². The zero-order valence-electron chi connectivity index (χ0n) is 8.85. The molecule has 0 saturated heterocycles. The number of rotatable bonds is 4. The number of alkyl halides is 1. The van der Waals surface area contributed by atoms with Gasteiger partial charge in [-0.15, -0.1) is 0 Å². The predicted octanol–water partition coefficient (Wildman–Crippen LogP) is 0.782. The number of fused-ring (bicyclic) bond motifs is 1. The molecule has 8 heteroatoms. The lowest BCUT2D eigenvalue weighted by atomic mass is 10.3. The molecule has 0 saturated carbocycles. The van der Waals surface area contributed by atoms with E-state index < -0.39 is 12.8 Å². The first kappa shape index (κ1) is 12.0. The SMILES string of the molecule is Nc1nc(Cl)c2ncn(CCC(F)CO)c2n1. The third-order valence-electron chi connectivity index (χ3n) is 2.32. The normalized spacial score (nSPS) is 13.1. The number of hydrogen-bond donors (Lipinski definition) is 2. The molecule has 0 radical (unpaired) electrons. The fourth-order valence-corrected chi connectivity index (χ4v) is 1.68. The van der Waals surface area contributed by atoms with Crippen LogP contribution in [0.5, 0.6) is 0 Å². The van der Waals surface area contributed by atoms with Crippen molar-refractivity contribution < 1.29 is 9.50 Å². The van der Waals surface area contributed by atoms with Crippen LogP contribution in [0.1, 0.15) is 6.42 Å². The van der Waals surface area contributed by atoms with Crippen molar-refractivity contribution in [1.29, 1.82) is 0 Å². The molecule has 0 amide bonds. The molecule has 0 bridgehead atoms. The molecule has 2 heterocycles. The standard InChI is InChI=1S/C9H11ClFN5O/c10-7-6-8(15-9(12)14-7)16(4-13-6)2-1-5(11)3-17/h4-5,17H,1-3H2,(H2,12,14,15). The van der Waals surface area contributed by atoms with Crippen LogP contribution < -0.4 is 5.73 Å². The van der Waals surface area contributed by atoms with Gasteiger partial charge in [0.15, 0.2) is 10.8 Å². The maximum Gasteiger partial charge on any atom is 0.223 e. The van der Waals surface area contributed by atoms with E-state index in [1.165, 1.54) is 6.33 Å². The summed E-state index contributed by atoms with van der Waals surface area (Å²) in [6.07, 6.45) is 0.403. The molecule has 1 unspecified atom stereocenters. The molecule has 92 valence electrons. The number of aromatic nitrogens is 4. The molecule has 0 fully saturated rings. The van der Waals surface area contributed by atoms with Crippen LogP contribution in [-0.2, 0) is 6.54 Å². The van der Waals surface area contributed by atoms with Crippen molar-refractivity contribution in [3.05, 3.63) is 11.5 Å². The second kappa shape index (κ2) is 4.80.